The monoisotopic (exact) mass is 290 g/mol. The van der Waals surface area contributed by atoms with Gasteiger partial charge in [0.15, 0.2) is 11.5 Å². The average Bonchev–Trinajstić information content (AvgIpc) is 2.34. The molecule has 6 nitrogen and oxygen atoms in total. The van der Waals surface area contributed by atoms with E-state index in [2.05, 4.69) is 0 Å². The van der Waals surface area contributed by atoms with Gasteiger partial charge < -0.3 is 19.3 Å². The van der Waals surface area contributed by atoms with Crippen LogP contribution in [0.5, 0.6) is 17.2 Å². The highest BCUT2D eigenvalue weighted by atomic mass is 32.2. The second-order valence-corrected chi connectivity index (χ2v) is 6.25. The quantitative estimate of drug-likeness (QED) is 0.834. The molecule has 1 unspecified atom stereocenters. The van der Waals surface area contributed by atoms with E-state index in [0.717, 1.165) is 6.26 Å². The van der Waals surface area contributed by atoms with Crippen LogP contribution in [0.4, 0.5) is 0 Å². The van der Waals surface area contributed by atoms with Crippen LogP contribution < -0.4 is 14.2 Å². The summed E-state index contributed by atoms with van der Waals surface area (Å²) in [5.41, 5.74) is 0.389. The zero-order valence-electron chi connectivity index (χ0n) is 11.3. The Kier molecular flexibility index (Phi) is 5.02. The maximum absolute atomic E-state index is 11.2. The van der Waals surface area contributed by atoms with Crippen molar-refractivity contribution in [1.29, 1.82) is 0 Å². The number of sulfone groups is 1. The molecule has 7 heteroatoms. The number of ether oxygens (including phenoxy) is 3. The van der Waals surface area contributed by atoms with E-state index in [-0.39, 0.29) is 5.75 Å². The van der Waals surface area contributed by atoms with Crippen molar-refractivity contribution in [2.24, 2.45) is 0 Å². The number of benzene rings is 1. The summed E-state index contributed by atoms with van der Waals surface area (Å²) in [7, 11) is 1.07. The molecule has 0 aliphatic heterocycles. The molecule has 1 atom stereocenters. The van der Waals surface area contributed by atoms with Gasteiger partial charge in [0.2, 0.25) is 5.75 Å². The number of hydrogen-bond donors (Lipinski definition) is 1. The summed E-state index contributed by atoms with van der Waals surface area (Å²) >= 11 is 0. The Morgan fingerprint density at radius 2 is 1.58 bits per heavy atom. The minimum Gasteiger partial charge on any atom is -0.493 e. The maximum atomic E-state index is 11.2. The van der Waals surface area contributed by atoms with Crippen molar-refractivity contribution < 1.29 is 27.7 Å². The summed E-state index contributed by atoms with van der Waals surface area (Å²) in [6.07, 6.45) is -0.0856. The molecule has 1 N–H and O–H groups in total. The van der Waals surface area contributed by atoms with Crippen molar-refractivity contribution >= 4 is 9.84 Å². The summed E-state index contributed by atoms with van der Waals surface area (Å²) in [4.78, 5) is 0. The van der Waals surface area contributed by atoms with Crippen molar-refractivity contribution in [3.63, 3.8) is 0 Å². The first-order valence-corrected chi connectivity index (χ1v) is 7.54. The van der Waals surface area contributed by atoms with E-state index in [1.807, 2.05) is 0 Å². The molecule has 0 bridgehead atoms. The van der Waals surface area contributed by atoms with E-state index in [1.165, 1.54) is 33.5 Å². The van der Waals surface area contributed by atoms with Gasteiger partial charge in [-0.25, -0.2) is 8.42 Å². The van der Waals surface area contributed by atoms with Crippen LogP contribution in [0, 0.1) is 0 Å². The highest BCUT2D eigenvalue weighted by molar-refractivity contribution is 7.90. The van der Waals surface area contributed by atoms with Crippen LogP contribution in [-0.2, 0) is 9.84 Å². The van der Waals surface area contributed by atoms with Gasteiger partial charge in [-0.05, 0) is 17.7 Å². The van der Waals surface area contributed by atoms with Gasteiger partial charge in [0.05, 0.1) is 33.2 Å². The molecule has 1 aromatic rings. The molecule has 0 radical (unpaired) electrons. The fourth-order valence-corrected chi connectivity index (χ4v) is 2.44. The molecule has 0 heterocycles. The molecule has 0 spiro atoms. The van der Waals surface area contributed by atoms with Gasteiger partial charge in [0, 0.05) is 6.26 Å². The van der Waals surface area contributed by atoms with Gasteiger partial charge >= 0.3 is 0 Å². The van der Waals surface area contributed by atoms with Crippen LogP contribution in [-0.4, -0.2) is 46.9 Å². The SMILES string of the molecule is COc1cc(C(O)CS(C)(=O)=O)cc(OC)c1OC. The first-order chi connectivity index (χ1) is 8.82. The second kappa shape index (κ2) is 6.12. The minimum atomic E-state index is -3.29. The van der Waals surface area contributed by atoms with Crippen molar-refractivity contribution in [3.05, 3.63) is 17.7 Å². The molecule has 0 aromatic heterocycles. The summed E-state index contributed by atoms with van der Waals surface area (Å²) in [6, 6.07) is 3.05. The maximum Gasteiger partial charge on any atom is 0.203 e. The zero-order valence-corrected chi connectivity index (χ0v) is 12.2. The molecule has 108 valence electrons. The lowest BCUT2D eigenvalue weighted by Crippen LogP contribution is -2.13. The second-order valence-electron chi connectivity index (χ2n) is 4.07. The summed E-state index contributed by atoms with van der Waals surface area (Å²) < 4.78 is 37.8. The molecule has 0 aliphatic rings. The van der Waals surface area contributed by atoms with E-state index in [9.17, 15) is 13.5 Å². The molecule has 0 saturated carbocycles. The average molecular weight is 290 g/mol. The lowest BCUT2D eigenvalue weighted by molar-refractivity contribution is 0.200. The Balaban J connectivity index is 3.22. The van der Waals surface area contributed by atoms with Gasteiger partial charge in [0.25, 0.3) is 0 Å². The molecule has 0 aliphatic carbocycles. The number of rotatable bonds is 6. The van der Waals surface area contributed by atoms with Gasteiger partial charge in [-0.15, -0.1) is 0 Å². The number of hydrogen-bond acceptors (Lipinski definition) is 6. The van der Waals surface area contributed by atoms with Crippen LogP contribution in [0.3, 0.4) is 0 Å². The number of aliphatic hydroxyl groups excluding tert-OH is 1. The molecule has 1 rings (SSSR count). The van der Waals surface area contributed by atoms with Crippen LogP contribution >= 0.6 is 0 Å². The first kappa shape index (κ1) is 15.6. The summed E-state index contributed by atoms with van der Waals surface area (Å²) in [5.74, 6) is 0.750. The van der Waals surface area contributed by atoms with Crippen LogP contribution in [0.25, 0.3) is 0 Å². The Labute approximate surface area is 112 Å². The lowest BCUT2D eigenvalue weighted by Gasteiger charge is -2.16. The zero-order chi connectivity index (χ0) is 14.6. The smallest absolute Gasteiger partial charge is 0.203 e. The van der Waals surface area contributed by atoms with Crippen molar-refractivity contribution in [3.8, 4) is 17.2 Å². The van der Waals surface area contributed by atoms with E-state index in [1.54, 1.807) is 0 Å². The predicted octanol–water partition coefficient (Wildman–Crippen LogP) is 0.790. The fraction of sp³-hybridized carbons (Fsp3) is 0.500. The standard InChI is InChI=1S/C12H18O6S/c1-16-10-5-8(9(13)7-19(4,14)15)6-11(17-2)12(10)18-3/h5-6,9,13H,7H2,1-4H3. The molecular formula is C12H18O6S. The topological polar surface area (TPSA) is 82.1 Å². The van der Waals surface area contributed by atoms with E-state index in [0.29, 0.717) is 22.8 Å². The summed E-state index contributed by atoms with van der Waals surface area (Å²) in [6.45, 7) is 0. The van der Waals surface area contributed by atoms with E-state index >= 15 is 0 Å². The first-order valence-electron chi connectivity index (χ1n) is 5.48. The highest BCUT2D eigenvalue weighted by Gasteiger charge is 2.20. The highest BCUT2D eigenvalue weighted by Crippen LogP contribution is 2.39. The predicted molar refractivity (Wildman–Crippen MR) is 70.8 cm³/mol. The molecule has 0 amide bonds. The van der Waals surface area contributed by atoms with Crippen LogP contribution in [0.2, 0.25) is 0 Å². The Hall–Kier alpha value is -1.47. The molecule has 19 heavy (non-hydrogen) atoms. The van der Waals surface area contributed by atoms with Crippen molar-refractivity contribution in [1.82, 2.24) is 0 Å². The van der Waals surface area contributed by atoms with Crippen LogP contribution in [0.1, 0.15) is 11.7 Å². The fourth-order valence-electron chi connectivity index (χ4n) is 1.68. The molecule has 1 aromatic carbocycles. The van der Waals surface area contributed by atoms with Gasteiger partial charge in [0.1, 0.15) is 9.84 Å². The number of methoxy groups -OCH3 is 3. The van der Waals surface area contributed by atoms with E-state index in [4.69, 9.17) is 14.2 Å². The Morgan fingerprint density at radius 3 is 1.89 bits per heavy atom. The lowest BCUT2D eigenvalue weighted by atomic mass is 10.1. The third-order valence-electron chi connectivity index (χ3n) is 2.53. The molecular weight excluding hydrogens is 272 g/mol. The third kappa shape index (κ3) is 4.00. The van der Waals surface area contributed by atoms with Crippen LogP contribution in [0.15, 0.2) is 12.1 Å². The summed E-state index contributed by atoms with van der Waals surface area (Å²) in [5, 5.41) is 9.93. The molecule has 0 saturated heterocycles. The van der Waals surface area contributed by atoms with Gasteiger partial charge in [-0.2, -0.15) is 0 Å². The normalized spacial score (nSPS) is 12.9. The largest absolute Gasteiger partial charge is 0.493 e. The minimum absolute atomic E-state index is 0.365. The van der Waals surface area contributed by atoms with Crippen molar-refractivity contribution in [2.75, 3.05) is 33.3 Å². The molecule has 0 fully saturated rings. The van der Waals surface area contributed by atoms with Crippen molar-refractivity contribution in [2.45, 2.75) is 6.10 Å². The Morgan fingerprint density at radius 1 is 1.11 bits per heavy atom. The number of aliphatic hydroxyl groups is 1. The van der Waals surface area contributed by atoms with E-state index < -0.39 is 15.9 Å². The third-order valence-corrected chi connectivity index (χ3v) is 3.45. The van der Waals surface area contributed by atoms with Gasteiger partial charge in [-0.3, -0.25) is 0 Å². The van der Waals surface area contributed by atoms with Gasteiger partial charge in [-0.1, -0.05) is 0 Å². The Bertz CT molecular complexity index is 512.